The van der Waals surface area contributed by atoms with Gasteiger partial charge in [-0.3, -0.25) is 0 Å². The van der Waals surface area contributed by atoms with Crippen LogP contribution in [0.1, 0.15) is 43.0 Å². The van der Waals surface area contributed by atoms with Crippen LogP contribution >= 0.6 is 0 Å². The molecule has 5 rings (SSSR count). The highest BCUT2D eigenvalue weighted by atomic mass is 15.2. The van der Waals surface area contributed by atoms with Gasteiger partial charge in [-0.25, -0.2) is 9.97 Å². The first-order valence-electron chi connectivity index (χ1n) is 10.8. The number of pyridine rings is 1. The number of nitrogens with two attached hydrogens (primary N) is 1. The van der Waals surface area contributed by atoms with Gasteiger partial charge in [-0.2, -0.15) is 10.2 Å². The van der Waals surface area contributed by atoms with Gasteiger partial charge in [0.25, 0.3) is 0 Å². The van der Waals surface area contributed by atoms with Crippen LogP contribution in [-0.2, 0) is 0 Å². The minimum atomic E-state index is 0.345. The van der Waals surface area contributed by atoms with Crippen molar-refractivity contribution in [2.24, 2.45) is 0 Å². The lowest BCUT2D eigenvalue weighted by Gasteiger charge is -2.26. The van der Waals surface area contributed by atoms with E-state index >= 15 is 0 Å². The number of nitrogens with one attached hydrogen (secondary N) is 1. The number of fused-ring (bicyclic) bond motifs is 1. The van der Waals surface area contributed by atoms with Crippen LogP contribution in [0.15, 0.2) is 24.5 Å². The second-order valence-corrected chi connectivity index (χ2v) is 8.20. The number of nitrogens with zero attached hydrogens (tertiary/aromatic N) is 6. The SMILES string of the molecule is Cc1c(C#N)n(C2CCCC2)c2nc(Nc3ccc(N4CC[NH2+]CC4)cn3)ncc12. The topological polar surface area (TPSA) is 99.3 Å². The van der Waals surface area contributed by atoms with Gasteiger partial charge in [-0.1, -0.05) is 12.8 Å². The Labute approximate surface area is 176 Å². The van der Waals surface area contributed by atoms with Crippen molar-refractivity contribution in [3.8, 4) is 6.07 Å². The van der Waals surface area contributed by atoms with E-state index in [1.54, 1.807) is 0 Å². The molecular weight excluding hydrogens is 376 g/mol. The van der Waals surface area contributed by atoms with Crippen molar-refractivity contribution < 1.29 is 5.32 Å². The number of piperazine rings is 1. The summed E-state index contributed by atoms with van der Waals surface area (Å²) in [4.78, 5) is 16.2. The molecule has 0 radical (unpaired) electrons. The third-order valence-electron chi connectivity index (χ3n) is 6.35. The summed E-state index contributed by atoms with van der Waals surface area (Å²) in [6.45, 7) is 6.33. The number of nitriles is 1. The fraction of sp³-hybridized carbons (Fsp3) is 0.455. The third-order valence-corrected chi connectivity index (χ3v) is 6.35. The Morgan fingerprint density at radius 2 is 1.93 bits per heavy atom. The number of hydrogen-bond acceptors (Lipinski definition) is 6. The Morgan fingerprint density at radius 1 is 1.13 bits per heavy atom. The number of anilines is 3. The smallest absolute Gasteiger partial charge is 0.230 e. The summed E-state index contributed by atoms with van der Waals surface area (Å²) in [5.41, 5.74) is 3.67. The maximum atomic E-state index is 9.75. The molecule has 0 unspecified atom stereocenters. The second-order valence-electron chi connectivity index (χ2n) is 8.20. The van der Waals surface area contributed by atoms with E-state index in [9.17, 15) is 5.26 Å². The van der Waals surface area contributed by atoms with E-state index in [0.717, 1.165) is 67.1 Å². The van der Waals surface area contributed by atoms with Crippen molar-refractivity contribution in [3.05, 3.63) is 35.8 Å². The Kier molecular flexibility index (Phi) is 4.97. The third kappa shape index (κ3) is 3.35. The van der Waals surface area contributed by atoms with Crippen LogP contribution in [0.2, 0.25) is 0 Å². The molecule has 2 aliphatic rings. The summed E-state index contributed by atoms with van der Waals surface area (Å²) in [5, 5.41) is 16.3. The van der Waals surface area contributed by atoms with Gasteiger partial charge < -0.3 is 20.1 Å². The first kappa shape index (κ1) is 18.8. The van der Waals surface area contributed by atoms with Gasteiger partial charge in [-0.05, 0) is 37.5 Å². The van der Waals surface area contributed by atoms with E-state index in [4.69, 9.17) is 4.98 Å². The quantitative estimate of drug-likeness (QED) is 0.693. The van der Waals surface area contributed by atoms with Gasteiger partial charge in [0.1, 0.15) is 23.2 Å². The van der Waals surface area contributed by atoms with Crippen LogP contribution in [0.25, 0.3) is 11.0 Å². The van der Waals surface area contributed by atoms with Gasteiger partial charge in [0.05, 0.1) is 38.1 Å². The highest BCUT2D eigenvalue weighted by Crippen LogP contribution is 2.36. The lowest BCUT2D eigenvalue weighted by Crippen LogP contribution is -2.89. The minimum absolute atomic E-state index is 0.345. The molecule has 154 valence electrons. The van der Waals surface area contributed by atoms with Crippen LogP contribution in [0.5, 0.6) is 0 Å². The largest absolute Gasteiger partial charge is 0.359 e. The molecule has 1 saturated heterocycles. The number of rotatable bonds is 4. The molecule has 3 aromatic heterocycles. The van der Waals surface area contributed by atoms with Crippen LogP contribution < -0.4 is 15.5 Å². The molecular formula is C22H27N8+. The fourth-order valence-electron chi connectivity index (χ4n) is 4.72. The van der Waals surface area contributed by atoms with Crippen molar-refractivity contribution in [3.63, 3.8) is 0 Å². The zero-order chi connectivity index (χ0) is 20.5. The van der Waals surface area contributed by atoms with Crippen molar-refractivity contribution in [2.45, 2.75) is 38.6 Å². The zero-order valence-corrected chi connectivity index (χ0v) is 17.3. The molecule has 1 saturated carbocycles. The number of aromatic nitrogens is 4. The molecule has 3 aromatic rings. The second kappa shape index (κ2) is 7.92. The number of hydrogen-bond donors (Lipinski definition) is 2. The highest BCUT2D eigenvalue weighted by molar-refractivity contribution is 5.83. The van der Waals surface area contributed by atoms with Crippen molar-refractivity contribution in [1.82, 2.24) is 19.5 Å². The molecule has 0 amide bonds. The van der Waals surface area contributed by atoms with Gasteiger partial charge >= 0.3 is 0 Å². The predicted molar refractivity (Wildman–Crippen MR) is 116 cm³/mol. The van der Waals surface area contributed by atoms with E-state index in [0.29, 0.717) is 17.7 Å². The number of aryl methyl sites for hydroxylation is 1. The van der Waals surface area contributed by atoms with Gasteiger partial charge in [0.15, 0.2) is 0 Å². The standard InChI is InChI=1S/C22H26N8/c1-15-18-14-26-22(28-21(18)30(19(15)12-23)16-4-2-3-5-16)27-20-7-6-17(13-25-20)29-10-8-24-9-11-29/h6-7,13-14,16,24H,2-5,8-11H2,1H3,(H,25,26,27,28)/p+1. The lowest BCUT2D eigenvalue weighted by molar-refractivity contribution is -0.655. The molecule has 8 nitrogen and oxygen atoms in total. The molecule has 3 N–H and O–H groups in total. The molecule has 1 aliphatic carbocycles. The van der Waals surface area contributed by atoms with Crippen molar-refractivity contribution in [2.75, 3.05) is 36.4 Å². The molecule has 0 spiro atoms. The van der Waals surface area contributed by atoms with Gasteiger partial charge in [-0.15, -0.1) is 0 Å². The van der Waals surface area contributed by atoms with E-state index in [2.05, 4.69) is 42.2 Å². The van der Waals surface area contributed by atoms with E-state index < -0.39 is 0 Å². The molecule has 8 heteroatoms. The lowest BCUT2D eigenvalue weighted by atomic mass is 10.2. The zero-order valence-electron chi connectivity index (χ0n) is 17.3. The molecule has 0 bridgehead atoms. The maximum Gasteiger partial charge on any atom is 0.230 e. The van der Waals surface area contributed by atoms with Crippen LogP contribution in [0, 0.1) is 18.3 Å². The van der Waals surface area contributed by atoms with Gasteiger partial charge in [0.2, 0.25) is 5.95 Å². The van der Waals surface area contributed by atoms with Gasteiger partial charge in [0, 0.05) is 17.6 Å². The minimum Gasteiger partial charge on any atom is -0.359 e. The summed E-state index contributed by atoms with van der Waals surface area (Å²) in [6.07, 6.45) is 8.34. The van der Waals surface area contributed by atoms with Crippen molar-refractivity contribution in [1.29, 1.82) is 5.26 Å². The van der Waals surface area contributed by atoms with Crippen LogP contribution in [0.4, 0.5) is 17.5 Å². The Hall–Kier alpha value is -3.18. The molecule has 30 heavy (non-hydrogen) atoms. The Morgan fingerprint density at radius 3 is 2.63 bits per heavy atom. The van der Waals surface area contributed by atoms with Crippen LogP contribution in [0.3, 0.4) is 0 Å². The average molecular weight is 404 g/mol. The molecule has 2 fully saturated rings. The Balaban J connectivity index is 1.43. The van der Waals surface area contributed by atoms with E-state index in [1.165, 1.54) is 12.8 Å². The Bertz CT molecular complexity index is 1080. The van der Waals surface area contributed by atoms with Crippen LogP contribution in [-0.4, -0.2) is 45.7 Å². The maximum absolute atomic E-state index is 9.75. The highest BCUT2D eigenvalue weighted by Gasteiger charge is 2.25. The predicted octanol–water partition coefficient (Wildman–Crippen LogP) is 2.25. The summed E-state index contributed by atoms with van der Waals surface area (Å²) >= 11 is 0. The summed E-state index contributed by atoms with van der Waals surface area (Å²) in [7, 11) is 0. The molecule has 0 aromatic carbocycles. The molecule has 1 aliphatic heterocycles. The van der Waals surface area contributed by atoms with Crippen molar-refractivity contribution >= 4 is 28.5 Å². The van der Waals surface area contributed by atoms with E-state index in [1.807, 2.05) is 25.4 Å². The molecule has 0 atom stereocenters. The molecule has 4 heterocycles. The summed E-state index contributed by atoms with van der Waals surface area (Å²) in [5.74, 6) is 1.23. The number of quaternary nitrogens is 1. The van der Waals surface area contributed by atoms with E-state index in [-0.39, 0.29) is 0 Å². The first-order valence-corrected chi connectivity index (χ1v) is 10.8. The summed E-state index contributed by atoms with van der Waals surface area (Å²) in [6, 6.07) is 6.81. The monoisotopic (exact) mass is 403 g/mol. The first-order chi connectivity index (χ1) is 14.7. The summed E-state index contributed by atoms with van der Waals surface area (Å²) < 4.78 is 2.13. The normalized spacial score (nSPS) is 17.4. The fourth-order valence-corrected chi connectivity index (χ4v) is 4.72. The average Bonchev–Trinajstić information content (AvgIpc) is 3.41.